The monoisotopic (exact) mass is 251 g/mol. The second-order valence-corrected chi connectivity index (χ2v) is 4.89. The van der Waals surface area contributed by atoms with Crippen LogP contribution in [0.3, 0.4) is 0 Å². The van der Waals surface area contributed by atoms with Crippen molar-refractivity contribution in [3.63, 3.8) is 0 Å². The van der Waals surface area contributed by atoms with Crippen LogP contribution in [0.25, 0.3) is 0 Å². The Balaban J connectivity index is 2.10. The van der Waals surface area contributed by atoms with E-state index >= 15 is 0 Å². The van der Waals surface area contributed by atoms with Crippen LogP contribution in [0.5, 0.6) is 5.75 Å². The summed E-state index contributed by atoms with van der Waals surface area (Å²) in [7, 11) is 0. The largest absolute Gasteiger partial charge is 0.491 e. The Kier molecular flexibility index (Phi) is 6.76. The van der Waals surface area contributed by atoms with E-state index < -0.39 is 0 Å². The molecule has 1 rings (SSSR count). The van der Waals surface area contributed by atoms with E-state index in [1.165, 1.54) is 11.1 Å². The molecule has 102 valence electrons. The van der Waals surface area contributed by atoms with E-state index in [0.29, 0.717) is 19.3 Å². The Labute approximate surface area is 110 Å². The fraction of sp³-hybridized carbons (Fsp3) is 0.600. The van der Waals surface area contributed by atoms with Crippen molar-refractivity contribution in [3.8, 4) is 5.75 Å². The third-order valence-corrected chi connectivity index (χ3v) is 2.49. The van der Waals surface area contributed by atoms with E-state index in [0.717, 1.165) is 18.9 Å². The number of benzene rings is 1. The minimum atomic E-state index is 0.514. The number of aryl methyl sites for hydroxylation is 2. The molecule has 0 atom stereocenters. The van der Waals surface area contributed by atoms with Crippen LogP contribution in [0.1, 0.15) is 25.0 Å². The van der Waals surface area contributed by atoms with E-state index in [1.54, 1.807) is 0 Å². The van der Waals surface area contributed by atoms with Gasteiger partial charge in [0.05, 0.1) is 13.2 Å². The molecule has 1 aromatic rings. The van der Waals surface area contributed by atoms with Gasteiger partial charge in [-0.25, -0.2) is 0 Å². The van der Waals surface area contributed by atoms with Gasteiger partial charge in [-0.2, -0.15) is 0 Å². The molecule has 3 nitrogen and oxygen atoms in total. The summed E-state index contributed by atoms with van der Waals surface area (Å²) in [5, 5.41) is 3.30. The van der Waals surface area contributed by atoms with E-state index in [9.17, 15) is 0 Å². The van der Waals surface area contributed by atoms with Gasteiger partial charge in [0.2, 0.25) is 0 Å². The predicted molar refractivity (Wildman–Crippen MR) is 75.4 cm³/mol. The van der Waals surface area contributed by atoms with Crippen LogP contribution in [0.4, 0.5) is 0 Å². The summed E-state index contributed by atoms with van der Waals surface area (Å²) in [6.07, 6.45) is 0. The third-order valence-electron chi connectivity index (χ3n) is 2.49. The van der Waals surface area contributed by atoms with Crippen LogP contribution in [-0.2, 0) is 4.74 Å². The van der Waals surface area contributed by atoms with Gasteiger partial charge in [0.1, 0.15) is 12.4 Å². The van der Waals surface area contributed by atoms with Gasteiger partial charge in [-0.3, -0.25) is 0 Å². The van der Waals surface area contributed by atoms with Gasteiger partial charge < -0.3 is 14.8 Å². The van der Waals surface area contributed by atoms with Gasteiger partial charge in [0, 0.05) is 12.6 Å². The summed E-state index contributed by atoms with van der Waals surface area (Å²) in [6.45, 7) is 11.3. The molecule has 0 saturated heterocycles. The van der Waals surface area contributed by atoms with Gasteiger partial charge in [-0.1, -0.05) is 19.9 Å². The molecule has 1 N–H and O–H groups in total. The molecule has 0 aliphatic carbocycles. The molecule has 0 aliphatic heterocycles. The molecule has 0 heterocycles. The molecule has 1 aromatic carbocycles. The Hall–Kier alpha value is -1.06. The van der Waals surface area contributed by atoms with Gasteiger partial charge >= 0.3 is 0 Å². The van der Waals surface area contributed by atoms with Crippen LogP contribution < -0.4 is 10.1 Å². The highest BCUT2D eigenvalue weighted by Crippen LogP contribution is 2.15. The van der Waals surface area contributed by atoms with Gasteiger partial charge in [0.25, 0.3) is 0 Å². The number of ether oxygens (including phenoxy) is 2. The van der Waals surface area contributed by atoms with E-state index in [2.05, 4.69) is 39.1 Å². The highest BCUT2D eigenvalue weighted by Gasteiger charge is 1.97. The topological polar surface area (TPSA) is 30.5 Å². The van der Waals surface area contributed by atoms with Crippen LogP contribution in [0, 0.1) is 13.8 Å². The molecule has 18 heavy (non-hydrogen) atoms. The lowest BCUT2D eigenvalue weighted by atomic mass is 10.1. The minimum Gasteiger partial charge on any atom is -0.491 e. The lowest BCUT2D eigenvalue weighted by Crippen LogP contribution is -2.27. The maximum Gasteiger partial charge on any atom is 0.119 e. The zero-order valence-corrected chi connectivity index (χ0v) is 12.0. The normalized spacial score (nSPS) is 10.9. The van der Waals surface area contributed by atoms with Crippen LogP contribution in [-0.4, -0.2) is 32.4 Å². The zero-order chi connectivity index (χ0) is 13.4. The van der Waals surface area contributed by atoms with Gasteiger partial charge in [-0.05, 0) is 37.1 Å². The second-order valence-electron chi connectivity index (χ2n) is 4.89. The van der Waals surface area contributed by atoms with Crippen molar-refractivity contribution in [2.75, 3.05) is 26.4 Å². The SMILES string of the molecule is Cc1cc(C)cc(OCCOCCNC(C)C)c1. The van der Waals surface area contributed by atoms with Crippen molar-refractivity contribution in [1.29, 1.82) is 0 Å². The van der Waals surface area contributed by atoms with Crippen molar-refractivity contribution in [2.45, 2.75) is 33.7 Å². The summed E-state index contributed by atoms with van der Waals surface area (Å²) >= 11 is 0. The molecular weight excluding hydrogens is 226 g/mol. The lowest BCUT2D eigenvalue weighted by Gasteiger charge is -2.10. The van der Waals surface area contributed by atoms with Gasteiger partial charge in [-0.15, -0.1) is 0 Å². The fourth-order valence-corrected chi connectivity index (χ4v) is 1.76. The summed E-state index contributed by atoms with van der Waals surface area (Å²) in [5.74, 6) is 0.927. The minimum absolute atomic E-state index is 0.514. The zero-order valence-electron chi connectivity index (χ0n) is 12.0. The maximum absolute atomic E-state index is 5.65. The molecule has 0 spiro atoms. The molecule has 0 aromatic heterocycles. The van der Waals surface area contributed by atoms with E-state index in [4.69, 9.17) is 9.47 Å². The molecule has 0 fully saturated rings. The first-order valence-corrected chi connectivity index (χ1v) is 6.60. The van der Waals surface area contributed by atoms with Crippen molar-refractivity contribution >= 4 is 0 Å². The second kappa shape index (κ2) is 8.11. The highest BCUT2D eigenvalue weighted by atomic mass is 16.5. The van der Waals surface area contributed by atoms with Crippen molar-refractivity contribution < 1.29 is 9.47 Å². The number of hydrogen-bond donors (Lipinski definition) is 1. The smallest absolute Gasteiger partial charge is 0.119 e. The third kappa shape index (κ3) is 6.62. The van der Waals surface area contributed by atoms with Crippen LogP contribution in [0.2, 0.25) is 0 Å². The average molecular weight is 251 g/mol. The molecule has 0 bridgehead atoms. The number of rotatable bonds is 8. The van der Waals surface area contributed by atoms with Crippen molar-refractivity contribution in [3.05, 3.63) is 29.3 Å². The van der Waals surface area contributed by atoms with E-state index in [1.807, 2.05) is 12.1 Å². The Morgan fingerprint density at radius 3 is 2.28 bits per heavy atom. The Morgan fingerprint density at radius 1 is 1.00 bits per heavy atom. The van der Waals surface area contributed by atoms with Crippen molar-refractivity contribution in [2.24, 2.45) is 0 Å². The summed E-state index contributed by atoms with van der Waals surface area (Å²) in [6, 6.07) is 6.75. The molecule has 0 saturated carbocycles. The van der Waals surface area contributed by atoms with Crippen LogP contribution in [0.15, 0.2) is 18.2 Å². The number of nitrogens with one attached hydrogen (secondary N) is 1. The summed E-state index contributed by atoms with van der Waals surface area (Å²) in [5.41, 5.74) is 2.46. The standard InChI is InChI=1S/C15H25NO2/c1-12(2)16-5-6-17-7-8-18-15-10-13(3)9-14(4)11-15/h9-12,16H,5-8H2,1-4H3. The quantitative estimate of drug-likeness (QED) is 0.721. The molecule has 0 aliphatic rings. The Morgan fingerprint density at radius 2 is 1.67 bits per heavy atom. The fourth-order valence-electron chi connectivity index (χ4n) is 1.76. The first kappa shape index (κ1) is 15.0. The highest BCUT2D eigenvalue weighted by molar-refractivity contribution is 5.32. The summed E-state index contributed by atoms with van der Waals surface area (Å²) < 4.78 is 11.1. The number of hydrogen-bond acceptors (Lipinski definition) is 3. The maximum atomic E-state index is 5.65. The van der Waals surface area contributed by atoms with Crippen LogP contribution >= 0.6 is 0 Å². The lowest BCUT2D eigenvalue weighted by molar-refractivity contribution is 0.101. The molecule has 0 amide bonds. The van der Waals surface area contributed by atoms with E-state index in [-0.39, 0.29) is 0 Å². The molecule has 3 heteroatoms. The summed E-state index contributed by atoms with van der Waals surface area (Å²) in [4.78, 5) is 0. The average Bonchev–Trinajstić information content (AvgIpc) is 2.26. The molecule has 0 radical (unpaired) electrons. The first-order valence-electron chi connectivity index (χ1n) is 6.60. The molecule has 0 unspecified atom stereocenters. The molecular formula is C15H25NO2. The Bertz CT molecular complexity index is 330. The van der Waals surface area contributed by atoms with Crippen molar-refractivity contribution in [1.82, 2.24) is 5.32 Å². The van der Waals surface area contributed by atoms with Gasteiger partial charge in [0.15, 0.2) is 0 Å². The first-order chi connectivity index (χ1) is 8.58. The predicted octanol–water partition coefficient (Wildman–Crippen LogP) is 2.70.